The Morgan fingerprint density at radius 1 is 1.00 bits per heavy atom. The lowest BCUT2D eigenvalue weighted by molar-refractivity contribution is 0.464. The van der Waals surface area contributed by atoms with E-state index in [1.807, 2.05) is 51.2 Å². The summed E-state index contributed by atoms with van der Waals surface area (Å²) in [6.45, 7) is 3.80. The average molecular weight is 280 g/mol. The lowest BCUT2D eigenvalue weighted by atomic mass is 10.2. The Bertz CT molecular complexity index is 801. The van der Waals surface area contributed by atoms with E-state index in [0.717, 1.165) is 22.4 Å². The van der Waals surface area contributed by atoms with Crippen molar-refractivity contribution in [2.75, 3.05) is 12.4 Å². The van der Waals surface area contributed by atoms with Crippen LogP contribution in [-0.2, 0) is 0 Å². The third-order valence-electron chi connectivity index (χ3n) is 3.11. The SMILES string of the molecule is CNc1cc(Oc2cccc3ccc(C)nc23)nc(C)n1. The molecule has 0 fully saturated rings. The number of aromatic nitrogens is 3. The van der Waals surface area contributed by atoms with E-state index in [0.29, 0.717) is 17.5 Å². The molecule has 0 aliphatic rings. The van der Waals surface area contributed by atoms with Gasteiger partial charge in [-0.05, 0) is 26.0 Å². The lowest BCUT2D eigenvalue weighted by Crippen LogP contribution is -1.99. The Labute approximate surface area is 123 Å². The fraction of sp³-hybridized carbons (Fsp3) is 0.188. The summed E-state index contributed by atoms with van der Waals surface area (Å²) in [6.07, 6.45) is 0. The molecule has 0 bridgehead atoms. The van der Waals surface area contributed by atoms with Crippen LogP contribution in [0.15, 0.2) is 36.4 Å². The summed E-state index contributed by atoms with van der Waals surface area (Å²) < 4.78 is 5.92. The second-order valence-corrected chi connectivity index (χ2v) is 4.77. The van der Waals surface area contributed by atoms with Gasteiger partial charge in [-0.3, -0.25) is 0 Å². The maximum atomic E-state index is 5.92. The molecule has 1 N–H and O–H groups in total. The third kappa shape index (κ3) is 2.76. The molecule has 0 aliphatic heterocycles. The van der Waals surface area contributed by atoms with Gasteiger partial charge in [0.25, 0.3) is 0 Å². The van der Waals surface area contributed by atoms with Crippen molar-refractivity contribution in [1.29, 1.82) is 0 Å². The number of nitrogens with zero attached hydrogens (tertiary/aromatic N) is 3. The molecule has 0 spiro atoms. The van der Waals surface area contributed by atoms with Gasteiger partial charge in [0.1, 0.15) is 17.2 Å². The van der Waals surface area contributed by atoms with E-state index in [4.69, 9.17) is 4.74 Å². The highest BCUT2D eigenvalue weighted by Gasteiger charge is 2.08. The minimum absolute atomic E-state index is 0.502. The highest BCUT2D eigenvalue weighted by atomic mass is 16.5. The number of hydrogen-bond acceptors (Lipinski definition) is 5. The number of para-hydroxylation sites is 1. The minimum Gasteiger partial charge on any atom is -0.437 e. The van der Waals surface area contributed by atoms with Crippen LogP contribution in [0.4, 0.5) is 5.82 Å². The summed E-state index contributed by atoms with van der Waals surface area (Å²) in [5.74, 6) is 2.57. The standard InChI is InChI=1S/C16H16N4O/c1-10-7-8-12-5-4-6-13(16(12)18-10)21-15-9-14(17-3)19-11(2)20-15/h4-9H,1-3H3,(H,17,19,20). The van der Waals surface area contributed by atoms with Crippen molar-refractivity contribution >= 4 is 16.7 Å². The van der Waals surface area contributed by atoms with Gasteiger partial charge in [0.2, 0.25) is 5.88 Å². The first kappa shape index (κ1) is 13.3. The molecule has 0 atom stereocenters. The molecule has 3 rings (SSSR count). The Morgan fingerprint density at radius 2 is 1.86 bits per heavy atom. The predicted octanol–water partition coefficient (Wildman–Crippen LogP) is 3.48. The van der Waals surface area contributed by atoms with Gasteiger partial charge in [0, 0.05) is 24.2 Å². The topological polar surface area (TPSA) is 59.9 Å². The monoisotopic (exact) mass is 280 g/mol. The molecular weight excluding hydrogens is 264 g/mol. The molecule has 2 heterocycles. The zero-order chi connectivity index (χ0) is 14.8. The van der Waals surface area contributed by atoms with Crippen molar-refractivity contribution in [2.45, 2.75) is 13.8 Å². The van der Waals surface area contributed by atoms with E-state index in [2.05, 4.69) is 20.3 Å². The Hall–Kier alpha value is -2.69. The van der Waals surface area contributed by atoms with E-state index < -0.39 is 0 Å². The first-order chi connectivity index (χ1) is 10.2. The van der Waals surface area contributed by atoms with E-state index in [1.54, 1.807) is 6.07 Å². The summed E-state index contributed by atoms with van der Waals surface area (Å²) in [5, 5.41) is 4.03. The molecule has 1 aromatic carbocycles. The van der Waals surface area contributed by atoms with E-state index in [9.17, 15) is 0 Å². The van der Waals surface area contributed by atoms with Crippen molar-refractivity contribution < 1.29 is 4.74 Å². The molecule has 0 saturated carbocycles. The van der Waals surface area contributed by atoms with Gasteiger partial charge in [0.15, 0.2) is 5.75 Å². The Morgan fingerprint density at radius 3 is 2.67 bits per heavy atom. The van der Waals surface area contributed by atoms with Gasteiger partial charge in [0.05, 0.1) is 0 Å². The van der Waals surface area contributed by atoms with Crippen molar-refractivity contribution in [3.05, 3.63) is 47.9 Å². The third-order valence-corrected chi connectivity index (χ3v) is 3.11. The predicted molar refractivity (Wildman–Crippen MR) is 82.9 cm³/mol. The van der Waals surface area contributed by atoms with Crippen LogP contribution >= 0.6 is 0 Å². The van der Waals surface area contributed by atoms with Crippen molar-refractivity contribution in [2.24, 2.45) is 0 Å². The molecule has 0 saturated heterocycles. The van der Waals surface area contributed by atoms with E-state index in [-0.39, 0.29) is 0 Å². The first-order valence-electron chi connectivity index (χ1n) is 6.73. The molecule has 106 valence electrons. The average Bonchev–Trinajstić information content (AvgIpc) is 2.47. The van der Waals surface area contributed by atoms with Crippen molar-refractivity contribution in [1.82, 2.24) is 15.0 Å². The summed E-state index contributed by atoms with van der Waals surface area (Å²) in [4.78, 5) is 13.1. The molecule has 2 aromatic heterocycles. The molecule has 0 unspecified atom stereocenters. The number of pyridine rings is 1. The number of fused-ring (bicyclic) bond motifs is 1. The van der Waals surface area contributed by atoms with Gasteiger partial charge < -0.3 is 10.1 Å². The zero-order valence-electron chi connectivity index (χ0n) is 12.2. The number of anilines is 1. The molecule has 21 heavy (non-hydrogen) atoms. The van der Waals surface area contributed by atoms with Crippen LogP contribution in [0.25, 0.3) is 10.9 Å². The van der Waals surface area contributed by atoms with E-state index in [1.165, 1.54) is 0 Å². The molecule has 3 aromatic rings. The maximum Gasteiger partial charge on any atom is 0.224 e. The van der Waals surface area contributed by atoms with Crippen molar-refractivity contribution in [3.8, 4) is 11.6 Å². The Kier molecular flexibility index (Phi) is 3.39. The molecule has 0 aliphatic carbocycles. The summed E-state index contributed by atoms with van der Waals surface area (Å²) in [5.41, 5.74) is 1.79. The quantitative estimate of drug-likeness (QED) is 0.796. The normalized spacial score (nSPS) is 10.6. The van der Waals surface area contributed by atoms with Crippen LogP contribution in [-0.4, -0.2) is 22.0 Å². The highest BCUT2D eigenvalue weighted by molar-refractivity contribution is 5.84. The fourth-order valence-electron chi connectivity index (χ4n) is 2.13. The van der Waals surface area contributed by atoms with Crippen LogP contribution in [0.5, 0.6) is 11.6 Å². The largest absolute Gasteiger partial charge is 0.437 e. The van der Waals surface area contributed by atoms with Gasteiger partial charge >= 0.3 is 0 Å². The lowest BCUT2D eigenvalue weighted by Gasteiger charge is -2.09. The van der Waals surface area contributed by atoms with Gasteiger partial charge in [-0.25, -0.2) is 9.97 Å². The highest BCUT2D eigenvalue weighted by Crippen LogP contribution is 2.28. The molecule has 0 radical (unpaired) electrons. The molecule has 5 nitrogen and oxygen atoms in total. The number of nitrogens with one attached hydrogen (secondary N) is 1. The number of aryl methyl sites for hydroxylation is 2. The molecule has 5 heteroatoms. The van der Waals surface area contributed by atoms with Crippen LogP contribution in [0.2, 0.25) is 0 Å². The minimum atomic E-state index is 0.502. The number of hydrogen-bond donors (Lipinski definition) is 1. The number of ether oxygens (including phenoxy) is 1. The molecular formula is C16H16N4O. The maximum absolute atomic E-state index is 5.92. The van der Waals surface area contributed by atoms with Crippen molar-refractivity contribution in [3.63, 3.8) is 0 Å². The van der Waals surface area contributed by atoms with E-state index >= 15 is 0 Å². The van der Waals surface area contributed by atoms with Gasteiger partial charge in [-0.1, -0.05) is 18.2 Å². The smallest absolute Gasteiger partial charge is 0.224 e. The summed E-state index contributed by atoms with van der Waals surface area (Å²) in [6, 6.07) is 11.6. The fourth-order valence-corrected chi connectivity index (χ4v) is 2.13. The van der Waals surface area contributed by atoms with Gasteiger partial charge in [-0.15, -0.1) is 0 Å². The zero-order valence-corrected chi connectivity index (χ0v) is 12.2. The van der Waals surface area contributed by atoms with Gasteiger partial charge in [-0.2, -0.15) is 4.98 Å². The first-order valence-corrected chi connectivity index (χ1v) is 6.73. The Balaban J connectivity index is 2.05. The van der Waals surface area contributed by atoms with Crippen LogP contribution in [0.3, 0.4) is 0 Å². The van der Waals surface area contributed by atoms with Crippen LogP contribution in [0, 0.1) is 13.8 Å². The summed E-state index contributed by atoms with van der Waals surface area (Å²) >= 11 is 0. The molecule has 0 amide bonds. The number of benzene rings is 1. The second kappa shape index (κ2) is 5.36. The summed E-state index contributed by atoms with van der Waals surface area (Å²) in [7, 11) is 1.81. The second-order valence-electron chi connectivity index (χ2n) is 4.77. The van der Waals surface area contributed by atoms with Crippen LogP contribution < -0.4 is 10.1 Å². The van der Waals surface area contributed by atoms with Crippen LogP contribution in [0.1, 0.15) is 11.5 Å². The number of rotatable bonds is 3.